The van der Waals surface area contributed by atoms with Gasteiger partial charge in [-0.25, -0.2) is 0 Å². The fourth-order valence-corrected chi connectivity index (χ4v) is 4.10. The van der Waals surface area contributed by atoms with E-state index >= 15 is 0 Å². The first-order valence-corrected chi connectivity index (χ1v) is 9.14. The lowest BCUT2D eigenvalue weighted by molar-refractivity contribution is -0.125. The molecule has 0 aromatic carbocycles. The number of carbonyl (C=O) groups excluding carboxylic acids is 1. The molecule has 1 N–H and O–H groups in total. The monoisotopic (exact) mass is 340 g/mol. The number of methoxy groups -OCH3 is 1. The van der Waals surface area contributed by atoms with Gasteiger partial charge in [0.25, 0.3) is 0 Å². The van der Waals surface area contributed by atoms with Gasteiger partial charge in [-0.1, -0.05) is 31.7 Å². The number of likely N-dealkylation sites (tertiary alicyclic amines) is 1. The maximum Gasteiger partial charge on any atom is 0.246 e. The number of amides is 1. The van der Waals surface area contributed by atoms with Crippen molar-refractivity contribution in [1.82, 2.24) is 19.8 Å². The van der Waals surface area contributed by atoms with Gasteiger partial charge in [0.1, 0.15) is 6.61 Å². The Morgan fingerprint density at radius 1 is 1.48 bits per heavy atom. The lowest BCUT2D eigenvalue weighted by Crippen LogP contribution is -2.42. The number of aromatic nitrogens is 2. The minimum atomic E-state index is -0.0252. The van der Waals surface area contributed by atoms with Crippen molar-refractivity contribution in [2.24, 2.45) is 5.92 Å². The summed E-state index contributed by atoms with van der Waals surface area (Å²) in [6.45, 7) is 9.40. The van der Waals surface area contributed by atoms with E-state index in [9.17, 15) is 4.79 Å². The van der Waals surface area contributed by atoms with E-state index in [0.717, 1.165) is 38.2 Å². The summed E-state index contributed by atoms with van der Waals surface area (Å²) < 4.78 is 9.03. The Balaban J connectivity index is 1.98. The highest BCUT2D eigenvalue weighted by molar-refractivity contribution is 7.05. The minimum Gasteiger partial charge on any atom is -0.375 e. The molecule has 0 saturated carbocycles. The lowest BCUT2D eigenvalue weighted by Gasteiger charge is -2.19. The molecule has 2 atom stereocenters. The molecule has 1 saturated heterocycles. The van der Waals surface area contributed by atoms with Gasteiger partial charge in [0.2, 0.25) is 5.91 Å². The van der Waals surface area contributed by atoms with Crippen molar-refractivity contribution in [3.05, 3.63) is 10.6 Å². The molecule has 1 fully saturated rings. The highest BCUT2D eigenvalue weighted by Crippen LogP contribution is 2.27. The molecule has 0 aliphatic carbocycles. The largest absolute Gasteiger partial charge is 0.375 e. The number of nitrogens with one attached hydrogen (secondary N) is 1. The Hall–Kier alpha value is -1.05. The zero-order valence-corrected chi connectivity index (χ0v) is 15.4. The fourth-order valence-electron chi connectivity index (χ4n) is 3.26. The van der Waals surface area contributed by atoms with Gasteiger partial charge in [0, 0.05) is 32.8 Å². The molecule has 1 amide bonds. The van der Waals surface area contributed by atoms with E-state index < -0.39 is 0 Å². The number of nitrogens with zero attached hydrogens (tertiary/aromatic N) is 3. The van der Waals surface area contributed by atoms with Gasteiger partial charge in [0.05, 0.1) is 10.6 Å². The summed E-state index contributed by atoms with van der Waals surface area (Å²) in [4.78, 5) is 15.5. The smallest absolute Gasteiger partial charge is 0.246 e. The van der Waals surface area contributed by atoms with Gasteiger partial charge in [-0.05, 0) is 29.8 Å². The predicted molar refractivity (Wildman–Crippen MR) is 91.5 cm³/mol. The van der Waals surface area contributed by atoms with Gasteiger partial charge >= 0.3 is 0 Å². The summed E-state index contributed by atoms with van der Waals surface area (Å²) in [5.41, 5.74) is 1.11. The van der Waals surface area contributed by atoms with Crippen LogP contribution in [0.4, 0.5) is 0 Å². The van der Waals surface area contributed by atoms with E-state index in [-0.39, 0.29) is 18.6 Å². The van der Waals surface area contributed by atoms with Crippen LogP contribution in [-0.2, 0) is 16.1 Å². The van der Waals surface area contributed by atoms with Crippen LogP contribution < -0.4 is 5.32 Å². The Labute approximate surface area is 142 Å². The van der Waals surface area contributed by atoms with Crippen LogP contribution >= 0.6 is 11.5 Å². The molecular weight excluding hydrogens is 312 g/mol. The summed E-state index contributed by atoms with van der Waals surface area (Å²) in [6, 6.07) is 0.209. The summed E-state index contributed by atoms with van der Waals surface area (Å²) in [5, 5.41) is 7.39. The topological polar surface area (TPSA) is 67.4 Å². The van der Waals surface area contributed by atoms with Crippen LogP contribution in [0.15, 0.2) is 0 Å². The highest BCUT2D eigenvalue weighted by atomic mass is 32.1. The molecule has 0 bridgehead atoms. The fraction of sp³-hybridized carbons (Fsp3) is 0.812. The summed E-state index contributed by atoms with van der Waals surface area (Å²) in [6.07, 6.45) is 2.26. The van der Waals surface area contributed by atoms with Crippen molar-refractivity contribution in [3.8, 4) is 0 Å². The van der Waals surface area contributed by atoms with Gasteiger partial charge in [-0.3, -0.25) is 9.69 Å². The van der Waals surface area contributed by atoms with Crippen molar-refractivity contribution in [3.63, 3.8) is 0 Å². The van der Waals surface area contributed by atoms with E-state index in [1.807, 2.05) is 0 Å². The second kappa shape index (κ2) is 8.70. The van der Waals surface area contributed by atoms with Crippen molar-refractivity contribution in [2.75, 3.05) is 26.8 Å². The SMILES string of the molecule is CCC[C@@H]1CN(Cc2snnc2C(C)C)C[C@H]1NC(=O)COC. The van der Waals surface area contributed by atoms with Gasteiger partial charge in [0.15, 0.2) is 0 Å². The third-order valence-electron chi connectivity index (χ3n) is 4.30. The molecule has 0 spiro atoms. The molecule has 2 heterocycles. The number of hydrogen-bond acceptors (Lipinski definition) is 6. The molecule has 23 heavy (non-hydrogen) atoms. The first-order chi connectivity index (χ1) is 11.0. The van der Waals surface area contributed by atoms with E-state index in [2.05, 4.69) is 40.6 Å². The lowest BCUT2D eigenvalue weighted by atomic mass is 9.98. The van der Waals surface area contributed by atoms with Crippen molar-refractivity contribution < 1.29 is 9.53 Å². The van der Waals surface area contributed by atoms with Crippen molar-refractivity contribution in [1.29, 1.82) is 0 Å². The molecule has 7 heteroatoms. The predicted octanol–water partition coefficient (Wildman–Crippen LogP) is 2.02. The Morgan fingerprint density at radius 2 is 2.26 bits per heavy atom. The normalized spacial score (nSPS) is 22.0. The number of ether oxygens (including phenoxy) is 1. The van der Waals surface area contributed by atoms with Crippen molar-refractivity contribution >= 4 is 17.4 Å². The third-order valence-corrected chi connectivity index (χ3v) is 5.02. The molecule has 1 aromatic heterocycles. The zero-order valence-electron chi connectivity index (χ0n) is 14.5. The van der Waals surface area contributed by atoms with E-state index in [4.69, 9.17) is 4.74 Å². The molecular formula is C16H28N4O2S. The quantitative estimate of drug-likeness (QED) is 0.784. The molecule has 2 rings (SSSR count). The van der Waals surface area contributed by atoms with E-state index in [1.54, 1.807) is 7.11 Å². The van der Waals surface area contributed by atoms with Gasteiger partial charge in [-0.2, -0.15) is 0 Å². The average Bonchev–Trinajstić information content (AvgIpc) is 3.08. The molecule has 0 unspecified atom stereocenters. The van der Waals surface area contributed by atoms with E-state index in [1.165, 1.54) is 16.4 Å². The maximum absolute atomic E-state index is 11.8. The van der Waals surface area contributed by atoms with Crippen LogP contribution in [0.2, 0.25) is 0 Å². The molecule has 1 aliphatic rings. The van der Waals surface area contributed by atoms with E-state index in [0.29, 0.717) is 11.8 Å². The van der Waals surface area contributed by atoms with Crippen LogP contribution in [0, 0.1) is 5.92 Å². The Bertz CT molecular complexity index is 506. The van der Waals surface area contributed by atoms with Gasteiger partial charge < -0.3 is 10.1 Å². The first kappa shape index (κ1) is 18.3. The van der Waals surface area contributed by atoms with Crippen LogP contribution in [0.5, 0.6) is 0 Å². The summed E-state index contributed by atoms with van der Waals surface area (Å²) in [7, 11) is 1.55. The zero-order chi connectivity index (χ0) is 16.8. The standard InChI is InChI=1S/C16H28N4O2S/c1-5-6-12-7-20(8-13(12)17-15(21)10-22-4)9-14-16(11(2)3)18-19-23-14/h11-13H,5-10H2,1-4H3,(H,17,21)/t12-,13-/m1/s1. The molecule has 130 valence electrons. The Kier molecular flexibility index (Phi) is 6.92. The minimum absolute atomic E-state index is 0.0252. The maximum atomic E-state index is 11.8. The second-order valence-corrected chi connectivity index (χ2v) is 7.42. The molecule has 0 radical (unpaired) electrons. The summed E-state index contributed by atoms with van der Waals surface area (Å²) >= 11 is 1.49. The third kappa shape index (κ3) is 4.96. The van der Waals surface area contributed by atoms with Crippen LogP contribution in [0.1, 0.15) is 50.1 Å². The second-order valence-electron chi connectivity index (χ2n) is 6.59. The summed E-state index contributed by atoms with van der Waals surface area (Å²) in [5.74, 6) is 0.877. The number of rotatable bonds is 8. The highest BCUT2D eigenvalue weighted by Gasteiger charge is 2.33. The molecule has 1 aliphatic heterocycles. The van der Waals surface area contributed by atoms with Gasteiger partial charge in [-0.15, -0.1) is 5.10 Å². The number of hydrogen-bond donors (Lipinski definition) is 1. The number of carbonyl (C=O) groups is 1. The van der Waals surface area contributed by atoms with Crippen LogP contribution in [0.25, 0.3) is 0 Å². The molecule has 6 nitrogen and oxygen atoms in total. The van der Waals surface area contributed by atoms with Crippen molar-refractivity contribution in [2.45, 2.75) is 52.1 Å². The first-order valence-electron chi connectivity index (χ1n) is 8.36. The average molecular weight is 340 g/mol. The molecule has 1 aromatic rings. The Morgan fingerprint density at radius 3 is 2.91 bits per heavy atom. The van der Waals surface area contributed by atoms with Crippen LogP contribution in [-0.4, -0.2) is 53.2 Å². The van der Waals surface area contributed by atoms with Crippen LogP contribution in [0.3, 0.4) is 0 Å².